The maximum Gasteiger partial charge on any atom is 0.227 e. The van der Waals surface area contributed by atoms with Crippen molar-refractivity contribution in [3.05, 3.63) is 40.2 Å². The molecule has 0 fully saturated rings. The molecule has 2 rings (SSSR count). The lowest BCUT2D eigenvalue weighted by molar-refractivity contribution is 0.372. The zero-order valence-corrected chi connectivity index (χ0v) is 11.1. The molecule has 2 aromatic rings. The van der Waals surface area contributed by atoms with Crippen LogP contribution >= 0.6 is 15.9 Å². The first-order valence-corrected chi connectivity index (χ1v) is 6.14. The molecule has 0 atom stereocenters. The molecule has 0 saturated heterocycles. The van der Waals surface area contributed by atoms with E-state index in [1.807, 2.05) is 25.1 Å². The molecule has 0 amide bonds. The minimum absolute atomic E-state index is 0.664. The van der Waals surface area contributed by atoms with Crippen molar-refractivity contribution in [1.29, 1.82) is 0 Å². The van der Waals surface area contributed by atoms with Crippen molar-refractivity contribution in [3.8, 4) is 0 Å². The van der Waals surface area contributed by atoms with Crippen molar-refractivity contribution in [2.24, 2.45) is 0 Å². The molecule has 0 aromatic carbocycles. The van der Waals surface area contributed by atoms with Gasteiger partial charge in [0.15, 0.2) is 5.82 Å². The van der Waals surface area contributed by atoms with Crippen LogP contribution < -0.4 is 5.32 Å². The largest absolute Gasteiger partial charge is 0.339 e. The highest BCUT2D eigenvalue weighted by atomic mass is 79.9. The smallest absolute Gasteiger partial charge is 0.227 e. The van der Waals surface area contributed by atoms with Crippen LogP contribution in [0.3, 0.4) is 0 Å². The van der Waals surface area contributed by atoms with Crippen LogP contribution in [0.1, 0.15) is 17.4 Å². The van der Waals surface area contributed by atoms with Gasteiger partial charge in [0.05, 0.1) is 5.69 Å². The Kier molecular flexibility index (Phi) is 4.22. The Bertz CT molecular complexity index is 486. The van der Waals surface area contributed by atoms with Crippen molar-refractivity contribution >= 4 is 15.9 Å². The van der Waals surface area contributed by atoms with E-state index in [0.29, 0.717) is 11.7 Å². The fourth-order valence-corrected chi connectivity index (χ4v) is 1.78. The lowest BCUT2D eigenvalue weighted by Crippen LogP contribution is -2.17. The Labute approximate surface area is 108 Å². The van der Waals surface area contributed by atoms with E-state index in [-0.39, 0.29) is 0 Å². The summed E-state index contributed by atoms with van der Waals surface area (Å²) in [6.45, 7) is 3.33. The number of nitrogens with one attached hydrogen (secondary N) is 1. The van der Waals surface area contributed by atoms with E-state index in [4.69, 9.17) is 4.52 Å². The molecule has 0 unspecified atom stereocenters. The fourth-order valence-electron chi connectivity index (χ4n) is 1.40. The van der Waals surface area contributed by atoms with E-state index < -0.39 is 0 Å². The second kappa shape index (κ2) is 5.88. The van der Waals surface area contributed by atoms with Gasteiger partial charge in [0.2, 0.25) is 5.89 Å². The van der Waals surface area contributed by atoms with Crippen molar-refractivity contribution in [2.75, 3.05) is 6.54 Å². The molecule has 0 radical (unpaired) electrons. The quantitative estimate of drug-likeness (QED) is 0.674. The Morgan fingerprint density at radius 2 is 2.24 bits per heavy atom. The molecule has 90 valence electrons. The van der Waals surface area contributed by atoms with Crippen LogP contribution in [-0.2, 0) is 13.0 Å². The van der Waals surface area contributed by atoms with Crippen LogP contribution in [0, 0.1) is 6.92 Å². The van der Waals surface area contributed by atoms with Crippen LogP contribution in [-0.4, -0.2) is 21.7 Å². The van der Waals surface area contributed by atoms with Gasteiger partial charge >= 0.3 is 0 Å². The van der Waals surface area contributed by atoms with Gasteiger partial charge in [-0.1, -0.05) is 11.2 Å². The zero-order chi connectivity index (χ0) is 12.1. The van der Waals surface area contributed by atoms with E-state index in [2.05, 4.69) is 36.4 Å². The summed E-state index contributed by atoms with van der Waals surface area (Å²) in [7, 11) is 0. The fraction of sp³-hybridized carbons (Fsp3) is 0.364. The molecule has 2 heterocycles. The van der Waals surface area contributed by atoms with E-state index in [9.17, 15) is 0 Å². The Morgan fingerprint density at radius 3 is 2.94 bits per heavy atom. The minimum Gasteiger partial charge on any atom is -0.339 e. The summed E-state index contributed by atoms with van der Waals surface area (Å²) in [4.78, 5) is 8.45. The number of nitrogens with zero attached hydrogens (tertiary/aromatic N) is 3. The first-order valence-electron chi connectivity index (χ1n) is 5.35. The number of halogens is 1. The van der Waals surface area contributed by atoms with Gasteiger partial charge in [-0.05, 0) is 35.0 Å². The topological polar surface area (TPSA) is 63.8 Å². The molecular weight excluding hydrogens is 284 g/mol. The standard InChI is InChI=1S/C11H13BrN4O/c1-8-14-11(17-16-8)5-6-13-7-9-3-2-4-10(12)15-9/h2-4,13H,5-7H2,1H3. The summed E-state index contributed by atoms with van der Waals surface area (Å²) in [6, 6.07) is 5.86. The van der Waals surface area contributed by atoms with Crippen molar-refractivity contribution in [3.63, 3.8) is 0 Å². The van der Waals surface area contributed by atoms with Gasteiger partial charge in [-0.25, -0.2) is 4.98 Å². The Morgan fingerprint density at radius 1 is 1.35 bits per heavy atom. The van der Waals surface area contributed by atoms with Gasteiger partial charge in [-0.15, -0.1) is 0 Å². The molecule has 0 aliphatic carbocycles. The highest BCUT2D eigenvalue weighted by Gasteiger charge is 2.01. The van der Waals surface area contributed by atoms with Gasteiger partial charge in [-0.3, -0.25) is 0 Å². The third-order valence-electron chi connectivity index (χ3n) is 2.16. The highest BCUT2D eigenvalue weighted by molar-refractivity contribution is 9.10. The molecule has 1 N–H and O–H groups in total. The summed E-state index contributed by atoms with van der Waals surface area (Å²) in [5.74, 6) is 1.34. The molecule has 0 aliphatic heterocycles. The maximum absolute atomic E-state index is 5.01. The molecule has 0 bridgehead atoms. The average molecular weight is 297 g/mol. The van der Waals surface area contributed by atoms with Crippen LogP contribution in [0.5, 0.6) is 0 Å². The molecular formula is C11H13BrN4O. The average Bonchev–Trinajstić information content (AvgIpc) is 2.71. The van der Waals surface area contributed by atoms with Crippen molar-refractivity contribution in [2.45, 2.75) is 19.9 Å². The zero-order valence-electron chi connectivity index (χ0n) is 9.48. The molecule has 6 heteroatoms. The normalized spacial score (nSPS) is 10.7. The maximum atomic E-state index is 5.01. The molecule has 17 heavy (non-hydrogen) atoms. The second-order valence-corrected chi connectivity index (χ2v) is 4.43. The van der Waals surface area contributed by atoms with Crippen LogP contribution in [0.25, 0.3) is 0 Å². The predicted octanol–water partition coefficient (Wildman–Crippen LogP) is 1.87. The van der Waals surface area contributed by atoms with E-state index in [1.165, 1.54) is 0 Å². The minimum atomic E-state index is 0.664. The lowest BCUT2D eigenvalue weighted by atomic mass is 10.3. The molecule has 0 spiro atoms. The monoisotopic (exact) mass is 296 g/mol. The van der Waals surface area contributed by atoms with Crippen molar-refractivity contribution in [1.82, 2.24) is 20.4 Å². The number of pyridine rings is 1. The van der Waals surface area contributed by atoms with E-state index in [1.54, 1.807) is 0 Å². The molecule has 0 saturated carbocycles. The summed E-state index contributed by atoms with van der Waals surface area (Å²) in [6.07, 6.45) is 0.731. The van der Waals surface area contributed by atoms with Gasteiger partial charge in [-0.2, -0.15) is 4.98 Å². The van der Waals surface area contributed by atoms with Crippen LogP contribution in [0.2, 0.25) is 0 Å². The first-order chi connectivity index (χ1) is 8.24. The predicted molar refractivity (Wildman–Crippen MR) is 66.4 cm³/mol. The first kappa shape index (κ1) is 12.2. The second-order valence-electron chi connectivity index (χ2n) is 3.61. The third kappa shape index (κ3) is 3.90. The summed E-state index contributed by atoms with van der Waals surface area (Å²) in [5.41, 5.74) is 1.00. The van der Waals surface area contributed by atoms with Crippen LogP contribution in [0.4, 0.5) is 0 Å². The van der Waals surface area contributed by atoms with Gasteiger partial charge in [0.25, 0.3) is 0 Å². The lowest BCUT2D eigenvalue weighted by Gasteiger charge is -2.02. The number of hydrogen-bond donors (Lipinski definition) is 1. The Hall–Kier alpha value is -1.27. The highest BCUT2D eigenvalue weighted by Crippen LogP contribution is 2.05. The number of rotatable bonds is 5. The number of aryl methyl sites for hydroxylation is 1. The van der Waals surface area contributed by atoms with E-state index in [0.717, 1.165) is 29.8 Å². The summed E-state index contributed by atoms with van der Waals surface area (Å²) in [5, 5.41) is 7.01. The van der Waals surface area contributed by atoms with Gasteiger partial charge in [0.1, 0.15) is 4.60 Å². The van der Waals surface area contributed by atoms with E-state index >= 15 is 0 Å². The number of aromatic nitrogens is 3. The summed E-state index contributed by atoms with van der Waals surface area (Å²) >= 11 is 3.34. The third-order valence-corrected chi connectivity index (χ3v) is 2.61. The van der Waals surface area contributed by atoms with Gasteiger partial charge in [0, 0.05) is 19.5 Å². The Balaban J connectivity index is 1.73. The molecule has 0 aliphatic rings. The van der Waals surface area contributed by atoms with Crippen molar-refractivity contribution < 1.29 is 4.52 Å². The number of hydrogen-bond acceptors (Lipinski definition) is 5. The SMILES string of the molecule is Cc1noc(CCNCc2cccc(Br)n2)n1. The molecule has 2 aromatic heterocycles. The summed E-state index contributed by atoms with van der Waals surface area (Å²) < 4.78 is 5.86. The molecule has 5 nitrogen and oxygen atoms in total. The van der Waals surface area contributed by atoms with Crippen LogP contribution in [0.15, 0.2) is 27.3 Å². The van der Waals surface area contributed by atoms with Gasteiger partial charge < -0.3 is 9.84 Å².